The van der Waals surface area contributed by atoms with Crippen LogP contribution in [0.3, 0.4) is 0 Å². The van der Waals surface area contributed by atoms with Gasteiger partial charge in [0.1, 0.15) is 5.69 Å². The van der Waals surface area contributed by atoms with Gasteiger partial charge in [0.25, 0.3) is 5.91 Å². The molecule has 1 aromatic rings. The first-order chi connectivity index (χ1) is 11.9. The number of carbonyl (C=O) groups is 2. The van der Waals surface area contributed by atoms with Crippen LogP contribution in [0.5, 0.6) is 0 Å². The molecule has 3 heterocycles. The van der Waals surface area contributed by atoms with Crippen LogP contribution in [0.4, 0.5) is 0 Å². The van der Waals surface area contributed by atoms with Gasteiger partial charge in [-0.1, -0.05) is 0 Å². The van der Waals surface area contributed by atoms with Gasteiger partial charge in [-0.15, -0.1) is 0 Å². The summed E-state index contributed by atoms with van der Waals surface area (Å²) >= 11 is 0. The standard InChI is InChI=1S/C16H24N4O4S/c1-25(23,24)20-7-4-13(5-8-20)15(21)18-9-11-19(12-10-18)16(22)14-3-2-6-17-14/h2-3,6,13,17H,4-5,7-12H2,1H3. The molecule has 1 aromatic heterocycles. The lowest BCUT2D eigenvalue weighted by Gasteiger charge is -2.38. The van der Waals surface area contributed by atoms with E-state index >= 15 is 0 Å². The van der Waals surface area contributed by atoms with Gasteiger partial charge in [-0.3, -0.25) is 9.59 Å². The van der Waals surface area contributed by atoms with Crippen LogP contribution in [0, 0.1) is 5.92 Å². The number of H-pyrrole nitrogens is 1. The van der Waals surface area contributed by atoms with E-state index in [9.17, 15) is 18.0 Å². The smallest absolute Gasteiger partial charge is 0.270 e. The Hall–Kier alpha value is -1.87. The first kappa shape index (κ1) is 17.9. The van der Waals surface area contributed by atoms with E-state index in [0.29, 0.717) is 57.8 Å². The van der Waals surface area contributed by atoms with Gasteiger partial charge in [0.05, 0.1) is 6.26 Å². The minimum absolute atomic E-state index is 0.0430. The Balaban J connectivity index is 1.50. The van der Waals surface area contributed by atoms with Crippen molar-refractivity contribution >= 4 is 21.8 Å². The predicted octanol–water partition coefficient (Wildman–Crippen LogP) is -0.0293. The summed E-state index contributed by atoms with van der Waals surface area (Å²) in [6.07, 6.45) is 4.05. The number of rotatable bonds is 3. The first-order valence-electron chi connectivity index (χ1n) is 8.53. The molecule has 0 unspecified atom stereocenters. The fourth-order valence-electron chi connectivity index (χ4n) is 3.46. The zero-order valence-electron chi connectivity index (χ0n) is 14.3. The number of nitrogens with one attached hydrogen (secondary N) is 1. The van der Waals surface area contributed by atoms with Crippen LogP contribution < -0.4 is 0 Å². The Morgan fingerprint density at radius 2 is 1.64 bits per heavy atom. The van der Waals surface area contributed by atoms with Crippen molar-refractivity contribution in [2.75, 3.05) is 45.5 Å². The van der Waals surface area contributed by atoms with E-state index in [1.54, 1.807) is 28.1 Å². The Labute approximate surface area is 147 Å². The molecule has 0 saturated carbocycles. The summed E-state index contributed by atoms with van der Waals surface area (Å²) in [4.78, 5) is 31.4. The van der Waals surface area contributed by atoms with Crippen LogP contribution in [-0.2, 0) is 14.8 Å². The number of hydrogen-bond donors (Lipinski definition) is 1. The number of carbonyl (C=O) groups excluding carboxylic acids is 2. The number of hydrogen-bond acceptors (Lipinski definition) is 4. The molecule has 0 aliphatic carbocycles. The lowest BCUT2D eigenvalue weighted by atomic mass is 9.96. The topological polar surface area (TPSA) is 93.8 Å². The molecule has 0 spiro atoms. The van der Waals surface area contributed by atoms with E-state index in [4.69, 9.17) is 0 Å². The van der Waals surface area contributed by atoms with Gasteiger partial charge in [-0.05, 0) is 25.0 Å². The molecule has 2 saturated heterocycles. The van der Waals surface area contributed by atoms with Crippen molar-refractivity contribution in [3.8, 4) is 0 Å². The van der Waals surface area contributed by atoms with Gasteiger partial charge in [0, 0.05) is 51.4 Å². The Morgan fingerprint density at radius 3 is 2.16 bits per heavy atom. The van der Waals surface area contributed by atoms with Crippen molar-refractivity contribution < 1.29 is 18.0 Å². The van der Waals surface area contributed by atoms with Crippen LogP contribution in [0.25, 0.3) is 0 Å². The van der Waals surface area contributed by atoms with E-state index in [-0.39, 0.29) is 17.7 Å². The quantitative estimate of drug-likeness (QED) is 0.811. The van der Waals surface area contributed by atoms with Gasteiger partial charge in [-0.25, -0.2) is 12.7 Å². The van der Waals surface area contributed by atoms with Gasteiger partial charge < -0.3 is 14.8 Å². The first-order valence-corrected chi connectivity index (χ1v) is 10.4. The Morgan fingerprint density at radius 1 is 1.04 bits per heavy atom. The van der Waals surface area contributed by atoms with Gasteiger partial charge in [0.2, 0.25) is 15.9 Å². The highest BCUT2D eigenvalue weighted by Crippen LogP contribution is 2.22. The molecule has 0 aromatic carbocycles. The molecule has 3 rings (SSSR count). The number of sulfonamides is 1. The minimum Gasteiger partial charge on any atom is -0.357 e. The van der Waals surface area contributed by atoms with Crippen molar-refractivity contribution in [1.82, 2.24) is 19.1 Å². The fraction of sp³-hybridized carbons (Fsp3) is 0.625. The number of piperazine rings is 1. The number of amides is 2. The summed E-state index contributed by atoms with van der Waals surface area (Å²) < 4.78 is 24.5. The van der Waals surface area contributed by atoms with Crippen molar-refractivity contribution in [2.24, 2.45) is 5.92 Å². The predicted molar refractivity (Wildman–Crippen MR) is 92.4 cm³/mol. The molecule has 2 amide bonds. The molecule has 2 aliphatic rings. The van der Waals surface area contributed by atoms with Gasteiger partial charge >= 0.3 is 0 Å². The summed E-state index contributed by atoms with van der Waals surface area (Å²) in [6.45, 7) is 2.90. The maximum atomic E-state index is 12.7. The average molecular weight is 368 g/mol. The molecule has 1 N–H and O–H groups in total. The second-order valence-corrected chi connectivity index (χ2v) is 8.62. The summed E-state index contributed by atoms with van der Waals surface area (Å²) in [5.74, 6) is -0.0812. The zero-order valence-corrected chi connectivity index (χ0v) is 15.2. The van der Waals surface area contributed by atoms with Crippen molar-refractivity contribution in [3.63, 3.8) is 0 Å². The summed E-state index contributed by atoms with van der Waals surface area (Å²) in [5, 5.41) is 0. The summed E-state index contributed by atoms with van der Waals surface area (Å²) in [6, 6.07) is 3.53. The lowest BCUT2D eigenvalue weighted by Crippen LogP contribution is -2.53. The molecule has 25 heavy (non-hydrogen) atoms. The molecular weight excluding hydrogens is 344 g/mol. The van der Waals surface area contributed by atoms with E-state index in [1.807, 2.05) is 0 Å². The second-order valence-electron chi connectivity index (χ2n) is 6.64. The maximum absolute atomic E-state index is 12.7. The highest BCUT2D eigenvalue weighted by atomic mass is 32.2. The number of nitrogens with zero attached hydrogens (tertiary/aromatic N) is 3. The zero-order chi connectivity index (χ0) is 18.0. The third kappa shape index (κ3) is 4.04. The van der Waals surface area contributed by atoms with Crippen LogP contribution in [0.2, 0.25) is 0 Å². The molecule has 2 aliphatic heterocycles. The number of aromatic nitrogens is 1. The van der Waals surface area contributed by atoms with E-state index in [2.05, 4.69) is 4.98 Å². The lowest BCUT2D eigenvalue weighted by molar-refractivity contribution is -0.138. The molecule has 0 atom stereocenters. The summed E-state index contributed by atoms with van der Waals surface area (Å²) in [7, 11) is -3.18. The Bertz CT molecular complexity index is 715. The van der Waals surface area contributed by atoms with E-state index in [1.165, 1.54) is 10.6 Å². The molecule has 138 valence electrons. The molecule has 2 fully saturated rings. The number of piperidine rings is 1. The normalized spacial score (nSPS) is 20.7. The Kier molecular flexibility index (Phi) is 5.14. The largest absolute Gasteiger partial charge is 0.357 e. The average Bonchev–Trinajstić information content (AvgIpc) is 3.14. The molecule has 9 heteroatoms. The van der Waals surface area contributed by atoms with Crippen LogP contribution >= 0.6 is 0 Å². The number of aromatic amines is 1. The van der Waals surface area contributed by atoms with Crippen LogP contribution in [-0.4, -0.2) is 84.8 Å². The van der Waals surface area contributed by atoms with Crippen molar-refractivity contribution in [2.45, 2.75) is 12.8 Å². The van der Waals surface area contributed by atoms with Gasteiger partial charge in [-0.2, -0.15) is 0 Å². The third-order valence-corrected chi connectivity index (χ3v) is 6.28. The second kappa shape index (κ2) is 7.17. The molecular formula is C16H24N4O4S. The third-order valence-electron chi connectivity index (χ3n) is 4.98. The van der Waals surface area contributed by atoms with Gasteiger partial charge in [0.15, 0.2) is 0 Å². The molecule has 0 bridgehead atoms. The highest BCUT2D eigenvalue weighted by molar-refractivity contribution is 7.88. The fourth-order valence-corrected chi connectivity index (χ4v) is 4.33. The monoisotopic (exact) mass is 368 g/mol. The summed E-state index contributed by atoms with van der Waals surface area (Å²) in [5.41, 5.74) is 0.563. The molecule has 8 nitrogen and oxygen atoms in total. The molecule has 0 radical (unpaired) electrons. The maximum Gasteiger partial charge on any atom is 0.270 e. The van der Waals surface area contributed by atoms with Crippen LogP contribution in [0.15, 0.2) is 18.3 Å². The van der Waals surface area contributed by atoms with Crippen molar-refractivity contribution in [1.29, 1.82) is 0 Å². The SMILES string of the molecule is CS(=O)(=O)N1CCC(C(=O)N2CCN(C(=O)c3ccc[nH]3)CC2)CC1. The minimum atomic E-state index is -3.18. The van der Waals surface area contributed by atoms with Crippen molar-refractivity contribution in [3.05, 3.63) is 24.0 Å². The van der Waals surface area contributed by atoms with Crippen LogP contribution in [0.1, 0.15) is 23.3 Å². The van der Waals surface area contributed by atoms with E-state index < -0.39 is 10.0 Å². The highest BCUT2D eigenvalue weighted by Gasteiger charge is 2.33. The van der Waals surface area contributed by atoms with E-state index in [0.717, 1.165) is 0 Å².